The van der Waals surface area contributed by atoms with Crippen LogP contribution in [-0.4, -0.2) is 32.3 Å². The molecule has 0 amide bonds. The van der Waals surface area contributed by atoms with E-state index >= 15 is 0 Å². The molecule has 0 fully saturated rings. The number of fused-ring (bicyclic) bond motifs is 1. The molecule has 19 heavy (non-hydrogen) atoms. The van der Waals surface area contributed by atoms with Gasteiger partial charge < -0.3 is 0 Å². The minimum atomic E-state index is 0.773. The third kappa shape index (κ3) is 2.21. The van der Waals surface area contributed by atoms with E-state index in [0.717, 1.165) is 26.9 Å². The molecule has 0 bridgehead atoms. The third-order valence-corrected chi connectivity index (χ3v) is 4.00. The first-order valence-electron chi connectivity index (χ1n) is 5.72. The lowest BCUT2D eigenvalue weighted by Gasteiger charge is -2.04. The molecule has 0 unspecified atom stereocenters. The Kier molecular flexibility index (Phi) is 3.44. The third-order valence-electron chi connectivity index (χ3n) is 2.75. The monoisotopic (exact) mass is 288 g/mol. The van der Waals surface area contributed by atoms with E-state index in [1.807, 2.05) is 53.7 Å². The van der Waals surface area contributed by atoms with Crippen LogP contribution < -0.4 is 0 Å². The maximum absolute atomic E-state index is 4.58. The highest BCUT2D eigenvalue weighted by molar-refractivity contribution is 7.99. The number of benzene rings is 1. The molecule has 0 N–H and O–H groups in total. The summed E-state index contributed by atoms with van der Waals surface area (Å²) in [4.78, 5) is 9.08. The number of hydrogen-bond donors (Lipinski definition) is 0. The van der Waals surface area contributed by atoms with E-state index < -0.39 is 0 Å². The van der Waals surface area contributed by atoms with Crippen LogP contribution in [0.15, 0.2) is 46.7 Å². The van der Waals surface area contributed by atoms with E-state index in [2.05, 4.69) is 15.1 Å². The summed E-state index contributed by atoms with van der Waals surface area (Å²) in [5.74, 6) is 0. The highest BCUT2D eigenvalue weighted by Crippen LogP contribution is 2.27. The van der Waals surface area contributed by atoms with Crippen LogP contribution in [0.1, 0.15) is 0 Å². The largest absolute Gasteiger partial charge is 0.215 e. The average Bonchev–Trinajstić information content (AvgIpc) is 2.90. The van der Waals surface area contributed by atoms with Crippen LogP contribution >= 0.6 is 23.5 Å². The van der Waals surface area contributed by atoms with E-state index in [9.17, 15) is 0 Å². The second-order valence-electron chi connectivity index (χ2n) is 3.85. The molecule has 3 aromatic rings. The Morgan fingerprint density at radius 3 is 2.47 bits per heavy atom. The van der Waals surface area contributed by atoms with Gasteiger partial charge in [-0.1, -0.05) is 30.0 Å². The molecule has 4 nitrogen and oxygen atoms in total. The van der Waals surface area contributed by atoms with Gasteiger partial charge in [-0.25, -0.2) is 14.6 Å². The summed E-state index contributed by atoms with van der Waals surface area (Å²) in [7, 11) is 0. The van der Waals surface area contributed by atoms with Crippen molar-refractivity contribution in [1.82, 2.24) is 19.7 Å². The van der Waals surface area contributed by atoms with E-state index in [4.69, 9.17) is 0 Å². The minimum absolute atomic E-state index is 0.773. The van der Waals surface area contributed by atoms with Gasteiger partial charge in [0.15, 0.2) is 10.8 Å². The lowest BCUT2D eigenvalue weighted by Crippen LogP contribution is -1.99. The fraction of sp³-hybridized carbons (Fsp3) is 0.154. The maximum Gasteiger partial charge on any atom is 0.190 e. The van der Waals surface area contributed by atoms with Crippen molar-refractivity contribution < 1.29 is 0 Å². The van der Waals surface area contributed by atoms with E-state index in [-0.39, 0.29) is 0 Å². The summed E-state index contributed by atoms with van der Waals surface area (Å²) < 4.78 is 1.86. The number of para-hydroxylation sites is 1. The molecule has 0 saturated carbocycles. The zero-order chi connectivity index (χ0) is 13.2. The Labute approximate surface area is 119 Å². The van der Waals surface area contributed by atoms with Crippen LogP contribution in [0.3, 0.4) is 0 Å². The molecule has 2 aromatic heterocycles. The fourth-order valence-electron chi connectivity index (χ4n) is 1.87. The van der Waals surface area contributed by atoms with Crippen molar-refractivity contribution in [2.24, 2.45) is 0 Å². The standard InChI is InChI=1S/C13H12N4S2/c1-18-12-10-8-14-17(9-6-4-3-5-7-9)11(10)15-13(16-12)19-2/h3-8H,1-2H3. The predicted octanol–water partition coefficient (Wildman–Crippen LogP) is 3.26. The van der Waals surface area contributed by atoms with Gasteiger partial charge in [-0.2, -0.15) is 5.10 Å². The second-order valence-corrected chi connectivity index (χ2v) is 5.42. The molecule has 0 aliphatic heterocycles. The van der Waals surface area contributed by atoms with E-state index in [0.29, 0.717) is 0 Å². The van der Waals surface area contributed by atoms with Crippen molar-refractivity contribution in [1.29, 1.82) is 0 Å². The van der Waals surface area contributed by atoms with Gasteiger partial charge in [0.25, 0.3) is 0 Å². The molecule has 96 valence electrons. The van der Waals surface area contributed by atoms with E-state index in [1.54, 1.807) is 23.5 Å². The molecule has 2 heterocycles. The van der Waals surface area contributed by atoms with Crippen LogP contribution in [0.4, 0.5) is 0 Å². The Bertz CT molecular complexity index is 709. The quantitative estimate of drug-likeness (QED) is 0.420. The summed E-state index contributed by atoms with van der Waals surface area (Å²) in [5, 5.41) is 7.18. The van der Waals surface area contributed by atoms with Crippen molar-refractivity contribution in [3.05, 3.63) is 36.5 Å². The topological polar surface area (TPSA) is 43.6 Å². The molecular weight excluding hydrogens is 276 g/mol. The molecule has 1 aromatic carbocycles. The first-order valence-corrected chi connectivity index (χ1v) is 8.17. The van der Waals surface area contributed by atoms with Crippen LogP contribution in [0.25, 0.3) is 16.7 Å². The molecule has 0 atom stereocenters. The van der Waals surface area contributed by atoms with Crippen molar-refractivity contribution >= 4 is 34.6 Å². The van der Waals surface area contributed by atoms with Gasteiger partial charge in [0.2, 0.25) is 0 Å². The Morgan fingerprint density at radius 1 is 1.00 bits per heavy atom. The minimum Gasteiger partial charge on any atom is -0.215 e. The first kappa shape index (κ1) is 12.5. The van der Waals surface area contributed by atoms with E-state index in [1.165, 1.54) is 0 Å². The molecule has 0 saturated heterocycles. The van der Waals surface area contributed by atoms with Gasteiger partial charge in [0.05, 0.1) is 17.3 Å². The Hall–Kier alpha value is -1.53. The average molecular weight is 288 g/mol. The molecule has 3 rings (SSSR count). The lowest BCUT2D eigenvalue weighted by molar-refractivity contribution is 0.865. The smallest absolute Gasteiger partial charge is 0.190 e. The fourth-order valence-corrected chi connectivity index (χ4v) is 2.83. The molecule has 0 aliphatic rings. The Balaban J connectivity index is 2.27. The highest BCUT2D eigenvalue weighted by Gasteiger charge is 2.12. The first-order chi connectivity index (χ1) is 9.33. The predicted molar refractivity (Wildman–Crippen MR) is 80.2 cm³/mol. The number of aromatic nitrogens is 4. The lowest BCUT2D eigenvalue weighted by atomic mass is 10.3. The highest BCUT2D eigenvalue weighted by atomic mass is 32.2. The SMILES string of the molecule is CSc1nc(SC)c2cnn(-c3ccccc3)c2n1. The van der Waals surface area contributed by atoms with Crippen molar-refractivity contribution in [2.75, 3.05) is 12.5 Å². The van der Waals surface area contributed by atoms with Gasteiger partial charge in [-0.3, -0.25) is 0 Å². The van der Waals surface area contributed by atoms with Crippen molar-refractivity contribution in [3.8, 4) is 5.69 Å². The molecular formula is C13H12N4S2. The summed E-state index contributed by atoms with van der Waals surface area (Å²) in [6, 6.07) is 10.0. The van der Waals surface area contributed by atoms with Crippen molar-refractivity contribution in [3.63, 3.8) is 0 Å². The van der Waals surface area contributed by atoms with Crippen molar-refractivity contribution in [2.45, 2.75) is 10.2 Å². The maximum atomic E-state index is 4.58. The van der Waals surface area contributed by atoms with Gasteiger partial charge in [0, 0.05) is 0 Å². The Morgan fingerprint density at radius 2 is 1.79 bits per heavy atom. The normalized spacial score (nSPS) is 11.1. The molecule has 0 radical (unpaired) electrons. The number of thioether (sulfide) groups is 2. The zero-order valence-electron chi connectivity index (χ0n) is 10.6. The zero-order valence-corrected chi connectivity index (χ0v) is 12.2. The summed E-state index contributed by atoms with van der Waals surface area (Å²) in [6.07, 6.45) is 5.83. The van der Waals surface area contributed by atoms with Gasteiger partial charge in [-0.15, -0.1) is 11.8 Å². The van der Waals surface area contributed by atoms with Gasteiger partial charge in [0.1, 0.15) is 5.03 Å². The molecule has 0 spiro atoms. The number of rotatable bonds is 3. The van der Waals surface area contributed by atoms with Crippen LogP contribution in [0, 0.1) is 0 Å². The van der Waals surface area contributed by atoms with Crippen LogP contribution in [0.5, 0.6) is 0 Å². The summed E-state index contributed by atoms with van der Waals surface area (Å²) in [5.41, 5.74) is 1.87. The van der Waals surface area contributed by atoms with Crippen LogP contribution in [-0.2, 0) is 0 Å². The van der Waals surface area contributed by atoms with Gasteiger partial charge >= 0.3 is 0 Å². The van der Waals surface area contributed by atoms with Gasteiger partial charge in [-0.05, 0) is 24.6 Å². The number of nitrogens with zero attached hydrogens (tertiary/aromatic N) is 4. The molecule has 0 aliphatic carbocycles. The van der Waals surface area contributed by atoms with Crippen LogP contribution in [0.2, 0.25) is 0 Å². The number of hydrogen-bond acceptors (Lipinski definition) is 5. The second kappa shape index (κ2) is 5.22. The summed E-state index contributed by atoms with van der Waals surface area (Å²) >= 11 is 3.16. The molecule has 6 heteroatoms. The summed E-state index contributed by atoms with van der Waals surface area (Å²) in [6.45, 7) is 0.